The molecule has 0 unspecified atom stereocenters. The topological polar surface area (TPSA) is 102 Å². The van der Waals surface area contributed by atoms with E-state index in [4.69, 9.17) is 5.84 Å². The number of rotatable bonds is 6. The lowest BCUT2D eigenvalue weighted by atomic mass is 10.1. The van der Waals surface area contributed by atoms with Crippen LogP contribution in [0, 0.1) is 10.1 Å². The average molecular weight is 266 g/mol. The van der Waals surface area contributed by atoms with Crippen LogP contribution in [0.5, 0.6) is 0 Å². The van der Waals surface area contributed by atoms with E-state index in [9.17, 15) is 14.9 Å². The Morgan fingerprint density at radius 3 is 2.63 bits per heavy atom. The monoisotopic (exact) mass is 266 g/mol. The lowest BCUT2D eigenvalue weighted by Crippen LogP contribution is -2.32. The number of hydrogen-bond donors (Lipinski definition) is 2. The highest BCUT2D eigenvalue weighted by atomic mass is 16.6. The fourth-order valence-electron chi connectivity index (χ4n) is 1.87. The number of amides is 1. The van der Waals surface area contributed by atoms with Gasteiger partial charge in [0.15, 0.2) is 0 Å². The number of nitro benzene ring substituents is 1. The largest absolute Gasteiger partial charge is 0.339 e. The maximum absolute atomic E-state index is 12.3. The molecule has 3 N–H and O–H groups in total. The molecule has 1 rings (SSSR count). The van der Waals surface area contributed by atoms with Crippen molar-refractivity contribution in [2.45, 2.75) is 20.3 Å². The number of nitrogen functional groups attached to an aromatic ring is 1. The summed E-state index contributed by atoms with van der Waals surface area (Å²) < 4.78 is 0. The summed E-state index contributed by atoms with van der Waals surface area (Å²) in [7, 11) is 0. The van der Waals surface area contributed by atoms with Crippen molar-refractivity contribution in [3.8, 4) is 0 Å². The minimum absolute atomic E-state index is 0.0482. The molecule has 0 heterocycles. The Hall–Kier alpha value is -2.15. The minimum Gasteiger partial charge on any atom is -0.339 e. The molecule has 0 spiro atoms. The molecular weight excluding hydrogens is 248 g/mol. The maximum atomic E-state index is 12.3. The van der Waals surface area contributed by atoms with Crippen LogP contribution >= 0.6 is 0 Å². The molecule has 1 amide bonds. The summed E-state index contributed by atoms with van der Waals surface area (Å²) in [5.74, 6) is 5.05. The van der Waals surface area contributed by atoms with Crippen LogP contribution in [0.1, 0.15) is 30.6 Å². The van der Waals surface area contributed by atoms with E-state index in [0.717, 1.165) is 6.42 Å². The summed E-state index contributed by atoms with van der Waals surface area (Å²) in [5, 5.41) is 10.9. The molecule has 0 saturated heterocycles. The highest BCUT2D eigenvalue weighted by Crippen LogP contribution is 2.28. The fourth-order valence-corrected chi connectivity index (χ4v) is 1.87. The predicted octanol–water partition coefficient (Wildman–Crippen LogP) is 1.75. The fraction of sp³-hybridized carbons (Fsp3) is 0.417. The molecule has 0 bridgehead atoms. The molecule has 7 nitrogen and oxygen atoms in total. The van der Waals surface area contributed by atoms with Crippen molar-refractivity contribution in [3.05, 3.63) is 33.9 Å². The molecule has 1 aromatic carbocycles. The van der Waals surface area contributed by atoms with Crippen LogP contribution in [0.3, 0.4) is 0 Å². The van der Waals surface area contributed by atoms with Crippen molar-refractivity contribution < 1.29 is 9.72 Å². The summed E-state index contributed by atoms with van der Waals surface area (Å²) in [6.45, 7) is 4.97. The zero-order valence-electron chi connectivity index (χ0n) is 11.0. The van der Waals surface area contributed by atoms with Crippen molar-refractivity contribution in [2.75, 3.05) is 18.5 Å². The molecule has 104 valence electrons. The molecule has 0 fully saturated rings. The van der Waals surface area contributed by atoms with Crippen molar-refractivity contribution in [3.63, 3.8) is 0 Å². The van der Waals surface area contributed by atoms with E-state index in [0.29, 0.717) is 13.1 Å². The van der Waals surface area contributed by atoms with Crippen LogP contribution in [-0.2, 0) is 0 Å². The highest BCUT2D eigenvalue weighted by molar-refractivity contribution is 6.01. The third-order valence-electron chi connectivity index (χ3n) is 2.78. The number of benzene rings is 1. The molecule has 0 aromatic heterocycles. The van der Waals surface area contributed by atoms with Crippen molar-refractivity contribution in [2.24, 2.45) is 5.84 Å². The van der Waals surface area contributed by atoms with Gasteiger partial charge in [-0.1, -0.05) is 13.0 Å². The highest BCUT2D eigenvalue weighted by Gasteiger charge is 2.23. The lowest BCUT2D eigenvalue weighted by Gasteiger charge is -2.21. The van der Waals surface area contributed by atoms with Gasteiger partial charge in [-0.05, 0) is 19.4 Å². The van der Waals surface area contributed by atoms with Gasteiger partial charge >= 0.3 is 0 Å². The smallest absolute Gasteiger partial charge is 0.294 e. The Morgan fingerprint density at radius 2 is 2.16 bits per heavy atom. The molecule has 0 saturated carbocycles. The van der Waals surface area contributed by atoms with Gasteiger partial charge < -0.3 is 10.3 Å². The first-order valence-corrected chi connectivity index (χ1v) is 6.10. The second-order valence-corrected chi connectivity index (χ2v) is 3.99. The van der Waals surface area contributed by atoms with Crippen LogP contribution in [0.15, 0.2) is 18.2 Å². The van der Waals surface area contributed by atoms with Crippen molar-refractivity contribution in [1.29, 1.82) is 0 Å². The first kappa shape index (κ1) is 14.9. The maximum Gasteiger partial charge on any atom is 0.294 e. The number of nitrogens with one attached hydrogen (secondary N) is 1. The zero-order chi connectivity index (χ0) is 14.4. The van der Waals surface area contributed by atoms with E-state index in [1.807, 2.05) is 13.8 Å². The van der Waals surface area contributed by atoms with E-state index >= 15 is 0 Å². The zero-order valence-corrected chi connectivity index (χ0v) is 11.0. The Bertz CT molecular complexity index is 476. The number of hydrogen-bond acceptors (Lipinski definition) is 5. The molecule has 0 aliphatic heterocycles. The third-order valence-corrected chi connectivity index (χ3v) is 2.78. The van der Waals surface area contributed by atoms with Gasteiger partial charge in [0.1, 0.15) is 5.69 Å². The molecule has 1 aromatic rings. The number of hydrazine groups is 1. The van der Waals surface area contributed by atoms with E-state index in [1.165, 1.54) is 18.2 Å². The van der Waals surface area contributed by atoms with Gasteiger partial charge in [-0.2, -0.15) is 0 Å². The second-order valence-electron chi connectivity index (χ2n) is 3.99. The average Bonchev–Trinajstić information content (AvgIpc) is 2.42. The summed E-state index contributed by atoms with van der Waals surface area (Å²) in [4.78, 5) is 24.3. The van der Waals surface area contributed by atoms with E-state index in [-0.39, 0.29) is 22.8 Å². The Morgan fingerprint density at radius 1 is 1.47 bits per heavy atom. The number of nitro groups is 1. The summed E-state index contributed by atoms with van der Waals surface area (Å²) >= 11 is 0. The third kappa shape index (κ3) is 3.19. The summed E-state index contributed by atoms with van der Waals surface area (Å²) in [5.41, 5.74) is 2.31. The van der Waals surface area contributed by atoms with Crippen LogP contribution in [0.2, 0.25) is 0 Å². The van der Waals surface area contributed by atoms with Crippen LogP contribution in [0.25, 0.3) is 0 Å². The van der Waals surface area contributed by atoms with Gasteiger partial charge in [-0.25, -0.2) is 0 Å². The standard InChI is InChI=1S/C12H18N4O3/c1-3-8-15(4-2)12(17)9-6-5-7-10(16(18)19)11(9)14-13/h5-7,14H,3-4,8,13H2,1-2H3. The Kier molecular flexibility index (Phi) is 5.25. The van der Waals surface area contributed by atoms with Crippen molar-refractivity contribution >= 4 is 17.3 Å². The number of para-hydroxylation sites is 1. The Balaban J connectivity index is 3.22. The minimum atomic E-state index is -0.567. The summed E-state index contributed by atoms with van der Waals surface area (Å²) in [6.07, 6.45) is 0.819. The second kappa shape index (κ2) is 6.69. The number of carbonyl (C=O) groups is 1. The Labute approximate surface area is 111 Å². The van der Waals surface area contributed by atoms with Crippen LogP contribution in [0.4, 0.5) is 11.4 Å². The van der Waals surface area contributed by atoms with Gasteiger partial charge in [0.05, 0.1) is 10.5 Å². The molecule has 0 aliphatic rings. The molecule has 0 atom stereocenters. The predicted molar refractivity (Wildman–Crippen MR) is 72.8 cm³/mol. The number of anilines is 1. The van der Waals surface area contributed by atoms with E-state index < -0.39 is 4.92 Å². The first-order valence-electron chi connectivity index (χ1n) is 6.10. The van der Waals surface area contributed by atoms with E-state index in [1.54, 1.807) is 4.90 Å². The van der Waals surface area contributed by atoms with Crippen molar-refractivity contribution in [1.82, 2.24) is 4.90 Å². The first-order chi connectivity index (χ1) is 9.06. The van der Waals surface area contributed by atoms with Gasteiger partial charge in [-0.3, -0.25) is 20.8 Å². The lowest BCUT2D eigenvalue weighted by molar-refractivity contribution is -0.384. The van der Waals surface area contributed by atoms with Gasteiger partial charge in [-0.15, -0.1) is 0 Å². The number of nitrogens with zero attached hydrogens (tertiary/aromatic N) is 2. The van der Waals surface area contributed by atoms with Gasteiger partial charge in [0.25, 0.3) is 11.6 Å². The number of carbonyl (C=O) groups excluding carboxylic acids is 1. The molecular formula is C12H18N4O3. The van der Waals surface area contributed by atoms with Crippen LogP contribution < -0.4 is 11.3 Å². The van der Waals surface area contributed by atoms with Gasteiger partial charge in [0.2, 0.25) is 0 Å². The molecule has 0 aliphatic carbocycles. The van der Waals surface area contributed by atoms with E-state index in [2.05, 4.69) is 5.43 Å². The normalized spacial score (nSPS) is 10.1. The molecule has 0 radical (unpaired) electrons. The van der Waals surface area contributed by atoms with Crippen LogP contribution in [-0.4, -0.2) is 28.8 Å². The SMILES string of the molecule is CCCN(CC)C(=O)c1cccc([N+](=O)[O-])c1NN. The number of nitrogens with two attached hydrogens (primary N) is 1. The molecule has 7 heteroatoms. The van der Waals surface area contributed by atoms with Gasteiger partial charge in [0, 0.05) is 19.2 Å². The molecule has 19 heavy (non-hydrogen) atoms. The summed E-state index contributed by atoms with van der Waals surface area (Å²) in [6, 6.07) is 4.32. The quantitative estimate of drug-likeness (QED) is 0.464.